The van der Waals surface area contributed by atoms with Gasteiger partial charge in [-0.15, -0.1) is 0 Å². The summed E-state index contributed by atoms with van der Waals surface area (Å²) in [5.74, 6) is -0.174. The van der Waals surface area contributed by atoms with Crippen molar-refractivity contribution in [2.24, 2.45) is 0 Å². The average molecular weight is 217 g/mol. The van der Waals surface area contributed by atoms with Gasteiger partial charge in [-0.1, -0.05) is 6.07 Å². The first kappa shape index (κ1) is 10.4. The van der Waals surface area contributed by atoms with Crippen molar-refractivity contribution >= 4 is 5.97 Å². The highest BCUT2D eigenvalue weighted by Gasteiger charge is 2.03. The third-order valence-corrected chi connectivity index (χ3v) is 2.12. The van der Waals surface area contributed by atoms with Crippen LogP contribution in [0.3, 0.4) is 0 Å². The number of hydrogen-bond donors (Lipinski definition) is 1. The predicted octanol–water partition coefficient (Wildman–Crippen LogP) is 1.20. The first-order chi connectivity index (χ1) is 7.65. The number of aryl methyl sites for hydroxylation is 1. The lowest BCUT2D eigenvalue weighted by molar-refractivity contribution is -0.136. The van der Waals surface area contributed by atoms with Crippen molar-refractivity contribution in [1.29, 1.82) is 0 Å². The van der Waals surface area contributed by atoms with E-state index in [1.807, 2.05) is 19.2 Å². The molecule has 0 saturated heterocycles. The van der Waals surface area contributed by atoms with E-state index in [0.717, 1.165) is 5.69 Å². The molecule has 1 N–H and O–H groups in total. The fourth-order valence-electron chi connectivity index (χ4n) is 1.37. The van der Waals surface area contributed by atoms with E-state index in [9.17, 15) is 4.79 Å². The van der Waals surface area contributed by atoms with E-state index in [2.05, 4.69) is 10.1 Å². The maximum atomic E-state index is 10.5. The van der Waals surface area contributed by atoms with Crippen LogP contribution in [-0.2, 0) is 11.2 Å². The van der Waals surface area contributed by atoms with Gasteiger partial charge in [-0.25, -0.2) is 9.67 Å². The van der Waals surface area contributed by atoms with E-state index < -0.39 is 5.97 Å². The molecule has 2 rings (SSSR count). The van der Waals surface area contributed by atoms with Gasteiger partial charge in [0.05, 0.1) is 12.1 Å². The monoisotopic (exact) mass is 217 g/mol. The van der Waals surface area contributed by atoms with Crippen LogP contribution in [0.4, 0.5) is 0 Å². The molecule has 0 aliphatic carbocycles. The van der Waals surface area contributed by atoms with Crippen LogP contribution in [0, 0.1) is 6.92 Å². The minimum Gasteiger partial charge on any atom is -0.481 e. The third kappa shape index (κ3) is 2.25. The minimum atomic E-state index is -0.857. The highest BCUT2D eigenvalue weighted by atomic mass is 16.4. The number of carboxylic acid groups (broad SMARTS) is 1. The Bertz CT molecular complexity index is 502. The second kappa shape index (κ2) is 4.14. The molecule has 0 fully saturated rings. The normalized spacial score (nSPS) is 10.3. The second-order valence-corrected chi connectivity index (χ2v) is 3.50. The van der Waals surface area contributed by atoms with Gasteiger partial charge in [-0.2, -0.15) is 5.10 Å². The van der Waals surface area contributed by atoms with Gasteiger partial charge in [0.2, 0.25) is 0 Å². The van der Waals surface area contributed by atoms with Crippen LogP contribution in [0.2, 0.25) is 0 Å². The molecule has 5 nitrogen and oxygen atoms in total. The summed E-state index contributed by atoms with van der Waals surface area (Å²) in [6, 6.07) is 5.38. The second-order valence-electron chi connectivity index (χ2n) is 3.50. The molecule has 0 aliphatic heterocycles. The highest BCUT2D eigenvalue weighted by molar-refractivity contribution is 5.70. The molecule has 0 saturated carbocycles. The fraction of sp³-hybridized carbons (Fsp3) is 0.182. The maximum Gasteiger partial charge on any atom is 0.307 e. The summed E-state index contributed by atoms with van der Waals surface area (Å²) in [5.41, 5.74) is 1.59. The largest absolute Gasteiger partial charge is 0.481 e. The predicted molar refractivity (Wildman–Crippen MR) is 57.4 cm³/mol. The molecule has 0 aliphatic rings. The number of nitrogens with zero attached hydrogens (tertiary/aromatic N) is 3. The van der Waals surface area contributed by atoms with Crippen molar-refractivity contribution in [2.45, 2.75) is 13.3 Å². The number of aromatic nitrogens is 3. The first-order valence-corrected chi connectivity index (χ1v) is 4.84. The van der Waals surface area contributed by atoms with Crippen LogP contribution < -0.4 is 0 Å². The van der Waals surface area contributed by atoms with Gasteiger partial charge >= 0.3 is 5.97 Å². The van der Waals surface area contributed by atoms with E-state index in [1.54, 1.807) is 23.0 Å². The lowest BCUT2D eigenvalue weighted by atomic mass is 10.2. The van der Waals surface area contributed by atoms with E-state index in [-0.39, 0.29) is 6.42 Å². The van der Waals surface area contributed by atoms with Gasteiger partial charge in [0.1, 0.15) is 0 Å². The Balaban J connectivity index is 2.22. The van der Waals surface area contributed by atoms with Crippen LogP contribution >= 0.6 is 0 Å². The molecule has 0 unspecified atom stereocenters. The molecule has 0 spiro atoms. The van der Waals surface area contributed by atoms with Gasteiger partial charge in [0, 0.05) is 12.4 Å². The topological polar surface area (TPSA) is 68.0 Å². The van der Waals surface area contributed by atoms with Crippen molar-refractivity contribution in [3.8, 4) is 5.82 Å². The fourth-order valence-corrected chi connectivity index (χ4v) is 1.37. The number of hydrogen-bond acceptors (Lipinski definition) is 3. The van der Waals surface area contributed by atoms with E-state index in [4.69, 9.17) is 5.11 Å². The molecule has 0 aromatic carbocycles. The molecule has 0 amide bonds. The first-order valence-electron chi connectivity index (χ1n) is 4.84. The molecular weight excluding hydrogens is 206 g/mol. The lowest BCUT2D eigenvalue weighted by Crippen LogP contribution is -2.03. The zero-order valence-electron chi connectivity index (χ0n) is 8.79. The van der Waals surface area contributed by atoms with Gasteiger partial charge in [0.25, 0.3) is 0 Å². The molecule has 5 heteroatoms. The Kier molecular flexibility index (Phi) is 2.68. The molecule has 16 heavy (non-hydrogen) atoms. The van der Waals surface area contributed by atoms with Crippen molar-refractivity contribution in [1.82, 2.24) is 14.8 Å². The molecule has 0 atom stereocenters. The summed E-state index contributed by atoms with van der Waals surface area (Å²) in [6.07, 6.45) is 3.36. The highest BCUT2D eigenvalue weighted by Crippen LogP contribution is 2.06. The Morgan fingerprint density at radius 3 is 2.75 bits per heavy atom. The van der Waals surface area contributed by atoms with Crippen LogP contribution in [0.15, 0.2) is 30.6 Å². The number of aliphatic carboxylic acids is 1. The number of pyridine rings is 1. The minimum absolute atomic E-state index is 0.00852. The molecule has 0 bridgehead atoms. The summed E-state index contributed by atoms with van der Waals surface area (Å²) in [5, 5.41) is 12.8. The van der Waals surface area contributed by atoms with Crippen molar-refractivity contribution < 1.29 is 9.90 Å². The van der Waals surface area contributed by atoms with Gasteiger partial charge in [-0.3, -0.25) is 4.79 Å². The molecular formula is C11H11N3O2. The Morgan fingerprint density at radius 1 is 1.44 bits per heavy atom. The standard InChI is InChI=1S/C11H11N3O2/c1-8-4-5-14(13-8)10-3-2-9(7-12-10)6-11(15)16/h2-5,7H,6H2,1H3,(H,15,16). The lowest BCUT2D eigenvalue weighted by Gasteiger charge is -2.01. The molecule has 2 aromatic rings. The molecule has 2 heterocycles. The smallest absolute Gasteiger partial charge is 0.307 e. The van der Waals surface area contributed by atoms with Crippen LogP contribution in [0.25, 0.3) is 5.82 Å². The van der Waals surface area contributed by atoms with Crippen LogP contribution in [0.1, 0.15) is 11.3 Å². The SMILES string of the molecule is Cc1ccn(-c2ccc(CC(=O)O)cn2)n1. The Labute approximate surface area is 92.4 Å². The molecule has 0 radical (unpaired) electrons. The van der Waals surface area contributed by atoms with Gasteiger partial charge in [0.15, 0.2) is 5.82 Å². The van der Waals surface area contributed by atoms with Gasteiger partial charge < -0.3 is 5.11 Å². The molecule has 82 valence electrons. The van der Waals surface area contributed by atoms with Crippen LogP contribution in [0.5, 0.6) is 0 Å². The van der Waals surface area contributed by atoms with E-state index in [1.165, 1.54) is 0 Å². The number of carboxylic acids is 1. The summed E-state index contributed by atoms with van der Waals surface area (Å²) in [6.45, 7) is 1.90. The summed E-state index contributed by atoms with van der Waals surface area (Å²) >= 11 is 0. The van der Waals surface area contributed by atoms with E-state index in [0.29, 0.717) is 11.4 Å². The average Bonchev–Trinajstić information content (AvgIpc) is 2.65. The zero-order valence-corrected chi connectivity index (χ0v) is 8.79. The third-order valence-electron chi connectivity index (χ3n) is 2.12. The number of carbonyl (C=O) groups is 1. The summed E-state index contributed by atoms with van der Waals surface area (Å²) in [4.78, 5) is 14.6. The van der Waals surface area contributed by atoms with Gasteiger partial charge in [-0.05, 0) is 24.6 Å². The Morgan fingerprint density at radius 2 is 2.25 bits per heavy atom. The van der Waals surface area contributed by atoms with Crippen LogP contribution in [-0.4, -0.2) is 25.8 Å². The Hall–Kier alpha value is -2.17. The maximum absolute atomic E-state index is 10.5. The van der Waals surface area contributed by atoms with Crippen molar-refractivity contribution in [3.63, 3.8) is 0 Å². The van der Waals surface area contributed by atoms with Crippen molar-refractivity contribution in [3.05, 3.63) is 41.9 Å². The van der Waals surface area contributed by atoms with E-state index >= 15 is 0 Å². The summed E-state index contributed by atoms with van der Waals surface area (Å²) in [7, 11) is 0. The zero-order chi connectivity index (χ0) is 11.5. The van der Waals surface area contributed by atoms with Crippen molar-refractivity contribution in [2.75, 3.05) is 0 Å². The summed E-state index contributed by atoms with van der Waals surface area (Å²) < 4.78 is 1.65. The number of rotatable bonds is 3. The molecule has 2 aromatic heterocycles. The quantitative estimate of drug-likeness (QED) is 0.838.